The first-order chi connectivity index (χ1) is 11.8. The van der Waals surface area contributed by atoms with Crippen LogP contribution < -0.4 is 10.6 Å². The highest BCUT2D eigenvalue weighted by molar-refractivity contribution is 5.97. The fourth-order valence-electron chi connectivity index (χ4n) is 2.15. The van der Waals surface area contributed by atoms with Crippen LogP contribution in [0.25, 0.3) is 0 Å². The Morgan fingerprint density at radius 3 is 2.44 bits per heavy atom. The third-order valence-electron chi connectivity index (χ3n) is 3.53. The highest BCUT2D eigenvalue weighted by Crippen LogP contribution is 2.16. The minimum absolute atomic E-state index is 0.116. The zero-order valence-electron chi connectivity index (χ0n) is 13.6. The molecule has 0 radical (unpaired) electrons. The summed E-state index contributed by atoms with van der Waals surface area (Å²) in [5, 5.41) is 4.92. The molecular weight excluding hydrogens is 337 g/mol. The van der Waals surface area contributed by atoms with Gasteiger partial charge >= 0.3 is 0 Å². The van der Waals surface area contributed by atoms with Crippen molar-refractivity contribution in [3.63, 3.8) is 0 Å². The first-order valence-electron chi connectivity index (χ1n) is 7.55. The molecule has 0 spiro atoms. The highest BCUT2D eigenvalue weighted by atomic mass is 19.2. The Bertz CT molecular complexity index is 761. The molecule has 0 bridgehead atoms. The number of benzene rings is 1. The summed E-state index contributed by atoms with van der Waals surface area (Å²) >= 11 is 0. The second-order valence-corrected chi connectivity index (χ2v) is 5.72. The van der Waals surface area contributed by atoms with Gasteiger partial charge in [0.2, 0.25) is 5.91 Å². The standard InChI is InChI=1S/C17H17F3N2O3/c1-9(2)15(17(24)21-8-10-4-3-7-25-10)22-16(23)11-5-6-12(18)14(20)13(11)19/h3-7,9,15H,8H2,1-2H3,(H,21,24)(H,22,23)/t15-/m0/s1. The minimum atomic E-state index is -1.74. The maximum Gasteiger partial charge on any atom is 0.255 e. The second kappa shape index (κ2) is 7.87. The monoisotopic (exact) mass is 354 g/mol. The molecule has 2 aromatic rings. The van der Waals surface area contributed by atoms with E-state index in [4.69, 9.17) is 4.42 Å². The lowest BCUT2D eigenvalue weighted by atomic mass is 10.0. The summed E-state index contributed by atoms with van der Waals surface area (Å²) in [5.41, 5.74) is -0.677. The number of carbonyl (C=O) groups is 2. The van der Waals surface area contributed by atoms with Gasteiger partial charge in [-0.05, 0) is 30.2 Å². The molecule has 1 heterocycles. The van der Waals surface area contributed by atoms with Crippen molar-refractivity contribution >= 4 is 11.8 Å². The van der Waals surface area contributed by atoms with E-state index in [1.54, 1.807) is 26.0 Å². The van der Waals surface area contributed by atoms with E-state index in [0.29, 0.717) is 11.8 Å². The first kappa shape index (κ1) is 18.6. The van der Waals surface area contributed by atoms with Crippen molar-refractivity contribution in [2.24, 2.45) is 5.92 Å². The minimum Gasteiger partial charge on any atom is -0.467 e. The Hall–Kier alpha value is -2.77. The molecule has 0 unspecified atom stereocenters. The van der Waals surface area contributed by atoms with Crippen molar-refractivity contribution in [1.29, 1.82) is 0 Å². The summed E-state index contributed by atoms with van der Waals surface area (Å²) in [7, 11) is 0. The molecule has 134 valence electrons. The number of halogens is 3. The quantitative estimate of drug-likeness (QED) is 0.784. The van der Waals surface area contributed by atoms with Crippen molar-refractivity contribution in [3.8, 4) is 0 Å². The summed E-state index contributed by atoms with van der Waals surface area (Å²) < 4.78 is 45.0. The molecule has 0 saturated carbocycles. The molecule has 8 heteroatoms. The summed E-state index contributed by atoms with van der Waals surface area (Å²) in [5.74, 6) is -6.06. The van der Waals surface area contributed by atoms with Crippen LogP contribution in [-0.2, 0) is 11.3 Å². The largest absolute Gasteiger partial charge is 0.467 e. The zero-order chi connectivity index (χ0) is 18.6. The second-order valence-electron chi connectivity index (χ2n) is 5.72. The molecule has 1 aromatic heterocycles. The van der Waals surface area contributed by atoms with Gasteiger partial charge < -0.3 is 15.1 Å². The van der Waals surface area contributed by atoms with Crippen molar-refractivity contribution in [2.75, 3.05) is 0 Å². The molecule has 25 heavy (non-hydrogen) atoms. The average molecular weight is 354 g/mol. The van der Waals surface area contributed by atoms with Gasteiger partial charge in [0, 0.05) is 0 Å². The molecular formula is C17H17F3N2O3. The number of amides is 2. The number of rotatable bonds is 6. The van der Waals surface area contributed by atoms with Gasteiger partial charge in [0.1, 0.15) is 11.8 Å². The van der Waals surface area contributed by atoms with Gasteiger partial charge in [0.05, 0.1) is 18.4 Å². The molecule has 0 saturated heterocycles. The van der Waals surface area contributed by atoms with E-state index >= 15 is 0 Å². The number of carbonyl (C=O) groups excluding carboxylic acids is 2. The molecule has 5 nitrogen and oxygen atoms in total. The highest BCUT2D eigenvalue weighted by Gasteiger charge is 2.27. The molecule has 0 fully saturated rings. The summed E-state index contributed by atoms with van der Waals surface area (Å²) in [4.78, 5) is 24.4. The first-order valence-corrected chi connectivity index (χ1v) is 7.55. The summed E-state index contributed by atoms with van der Waals surface area (Å²) in [6.07, 6.45) is 1.45. The molecule has 2 N–H and O–H groups in total. The zero-order valence-corrected chi connectivity index (χ0v) is 13.6. The van der Waals surface area contributed by atoms with Crippen molar-refractivity contribution < 1.29 is 27.2 Å². The molecule has 1 atom stereocenters. The molecule has 0 aliphatic carbocycles. The predicted molar refractivity (Wildman–Crippen MR) is 83.0 cm³/mol. The van der Waals surface area contributed by atoms with Gasteiger partial charge in [0.15, 0.2) is 17.5 Å². The van der Waals surface area contributed by atoms with Crippen LogP contribution in [-0.4, -0.2) is 17.9 Å². The van der Waals surface area contributed by atoms with E-state index in [2.05, 4.69) is 10.6 Å². The van der Waals surface area contributed by atoms with Crippen LogP contribution in [0.15, 0.2) is 34.9 Å². The molecule has 1 aromatic carbocycles. The number of furan rings is 1. The lowest BCUT2D eigenvalue weighted by molar-refractivity contribution is -0.124. The molecule has 2 rings (SSSR count). The van der Waals surface area contributed by atoms with Gasteiger partial charge in [-0.2, -0.15) is 0 Å². The van der Waals surface area contributed by atoms with Crippen LogP contribution in [0.3, 0.4) is 0 Å². The molecule has 0 aliphatic rings. The van der Waals surface area contributed by atoms with E-state index in [0.717, 1.165) is 6.07 Å². The molecule has 2 amide bonds. The number of hydrogen-bond donors (Lipinski definition) is 2. The van der Waals surface area contributed by atoms with E-state index in [1.807, 2.05) is 0 Å². The van der Waals surface area contributed by atoms with Crippen LogP contribution in [0.5, 0.6) is 0 Å². The van der Waals surface area contributed by atoms with Crippen molar-refractivity contribution in [1.82, 2.24) is 10.6 Å². The van der Waals surface area contributed by atoms with Gasteiger partial charge in [-0.25, -0.2) is 13.2 Å². The lowest BCUT2D eigenvalue weighted by Gasteiger charge is -2.21. The SMILES string of the molecule is CC(C)[C@H](NC(=O)c1ccc(F)c(F)c1F)C(=O)NCc1ccco1. The van der Waals surface area contributed by atoms with Crippen LogP contribution in [0.4, 0.5) is 13.2 Å². The summed E-state index contributed by atoms with van der Waals surface area (Å²) in [6, 6.07) is 3.81. The van der Waals surface area contributed by atoms with E-state index in [9.17, 15) is 22.8 Å². The Labute approximate surface area is 142 Å². The van der Waals surface area contributed by atoms with E-state index in [1.165, 1.54) is 6.26 Å². The predicted octanol–water partition coefficient (Wildman–Crippen LogP) is 2.77. The topological polar surface area (TPSA) is 71.3 Å². The maximum absolute atomic E-state index is 13.7. The fraction of sp³-hybridized carbons (Fsp3) is 0.294. The Balaban J connectivity index is 2.09. The Morgan fingerprint density at radius 1 is 1.12 bits per heavy atom. The Kier molecular flexibility index (Phi) is 5.84. The smallest absolute Gasteiger partial charge is 0.255 e. The van der Waals surface area contributed by atoms with Crippen LogP contribution in [0, 0.1) is 23.4 Å². The number of nitrogens with one attached hydrogen (secondary N) is 2. The van der Waals surface area contributed by atoms with E-state index in [-0.39, 0.29) is 12.5 Å². The summed E-state index contributed by atoms with van der Waals surface area (Å²) in [6.45, 7) is 3.47. The van der Waals surface area contributed by atoms with Gasteiger partial charge in [0.25, 0.3) is 5.91 Å². The lowest BCUT2D eigenvalue weighted by Crippen LogP contribution is -2.49. The number of hydrogen-bond acceptors (Lipinski definition) is 3. The van der Waals surface area contributed by atoms with Crippen molar-refractivity contribution in [2.45, 2.75) is 26.4 Å². The Morgan fingerprint density at radius 2 is 1.84 bits per heavy atom. The normalized spacial score (nSPS) is 12.1. The van der Waals surface area contributed by atoms with Crippen LogP contribution in [0.1, 0.15) is 30.0 Å². The fourth-order valence-corrected chi connectivity index (χ4v) is 2.15. The van der Waals surface area contributed by atoms with Gasteiger partial charge in [-0.3, -0.25) is 9.59 Å². The molecule has 0 aliphatic heterocycles. The maximum atomic E-state index is 13.7. The van der Waals surface area contributed by atoms with Gasteiger partial charge in [-0.15, -0.1) is 0 Å². The average Bonchev–Trinajstić information content (AvgIpc) is 3.08. The van der Waals surface area contributed by atoms with E-state index < -0.39 is 40.9 Å². The van der Waals surface area contributed by atoms with Gasteiger partial charge in [-0.1, -0.05) is 13.8 Å². The van der Waals surface area contributed by atoms with Crippen molar-refractivity contribution in [3.05, 3.63) is 59.3 Å². The van der Waals surface area contributed by atoms with Crippen LogP contribution in [0.2, 0.25) is 0 Å². The third kappa shape index (κ3) is 4.40. The van der Waals surface area contributed by atoms with Crippen LogP contribution >= 0.6 is 0 Å². The third-order valence-corrected chi connectivity index (χ3v) is 3.53.